The summed E-state index contributed by atoms with van der Waals surface area (Å²) in [7, 11) is -3.67. The van der Waals surface area contributed by atoms with Gasteiger partial charge in [0.15, 0.2) is 0 Å². The van der Waals surface area contributed by atoms with E-state index in [2.05, 4.69) is 10.4 Å². The molecule has 8 heteroatoms. The summed E-state index contributed by atoms with van der Waals surface area (Å²) < 4.78 is 24.5. The van der Waals surface area contributed by atoms with E-state index in [9.17, 15) is 13.2 Å². The van der Waals surface area contributed by atoms with Gasteiger partial charge in [0.05, 0.1) is 17.0 Å². The molecule has 0 fully saturated rings. The fraction of sp³-hybridized carbons (Fsp3) is 0.0833. The van der Waals surface area contributed by atoms with Crippen molar-refractivity contribution in [2.45, 2.75) is 12.7 Å². The summed E-state index contributed by atoms with van der Waals surface area (Å²) in [6.45, 7) is 2.01. The number of nitrogens with zero attached hydrogens (tertiary/aromatic N) is 2. The van der Waals surface area contributed by atoms with Crippen molar-refractivity contribution < 1.29 is 13.2 Å². The van der Waals surface area contributed by atoms with Gasteiger partial charge in [-0.3, -0.25) is 4.79 Å². The Bertz CT molecular complexity index is 1360. The molecule has 0 aliphatic heterocycles. The van der Waals surface area contributed by atoms with Crippen LogP contribution < -0.4 is 10.5 Å². The number of anilines is 1. The number of nitrogens with one attached hydrogen (secondary N) is 1. The Kier molecular flexibility index (Phi) is 5.89. The quantitative estimate of drug-likeness (QED) is 0.468. The first-order valence-electron chi connectivity index (χ1n) is 9.91. The van der Waals surface area contributed by atoms with Crippen molar-refractivity contribution in [3.05, 3.63) is 102 Å². The predicted octanol–water partition coefficient (Wildman–Crippen LogP) is 3.89. The molecule has 4 rings (SSSR count). The third kappa shape index (κ3) is 5.11. The molecule has 0 radical (unpaired) electrons. The third-order valence-corrected chi connectivity index (χ3v) is 5.59. The molecule has 0 saturated carbocycles. The van der Waals surface area contributed by atoms with Crippen LogP contribution in [0.4, 0.5) is 5.69 Å². The molecule has 0 atom stereocenters. The lowest BCUT2D eigenvalue weighted by molar-refractivity contribution is 0.102. The average Bonchev–Trinajstić information content (AvgIpc) is 3.20. The minimum absolute atomic E-state index is 0.308. The molecule has 7 nitrogen and oxygen atoms in total. The van der Waals surface area contributed by atoms with Crippen LogP contribution in [0.15, 0.2) is 85.1 Å². The molecule has 3 aromatic carbocycles. The van der Waals surface area contributed by atoms with Gasteiger partial charge in [-0.2, -0.15) is 5.10 Å². The number of amides is 1. The second kappa shape index (κ2) is 8.78. The van der Waals surface area contributed by atoms with Crippen LogP contribution in [0, 0.1) is 6.92 Å². The van der Waals surface area contributed by atoms with Crippen molar-refractivity contribution >= 4 is 21.6 Å². The maximum atomic E-state index is 13.2. The van der Waals surface area contributed by atoms with Gasteiger partial charge in [0.25, 0.3) is 5.91 Å². The molecule has 1 aromatic heterocycles. The van der Waals surface area contributed by atoms with E-state index in [-0.39, 0.29) is 11.7 Å². The molecular formula is C24H22N4O3S. The van der Waals surface area contributed by atoms with E-state index >= 15 is 0 Å². The zero-order valence-corrected chi connectivity index (χ0v) is 18.2. The average molecular weight is 447 g/mol. The van der Waals surface area contributed by atoms with E-state index in [4.69, 9.17) is 5.14 Å². The number of hydrogen-bond acceptors (Lipinski definition) is 4. The van der Waals surface area contributed by atoms with Gasteiger partial charge in [0.1, 0.15) is 5.69 Å². The van der Waals surface area contributed by atoms with Crippen molar-refractivity contribution in [3.8, 4) is 16.9 Å². The van der Waals surface area contributed by atoms with E-state index in [1.165, 1.54) is 0 Å². The predicted molar refractivity (Wildman–Crippen MR) is 125 cm³/mol. The van der Waals surface area contributed by atoms with E-state index in [1.807, 2.05) is 61.5 Å². The number of carbonyl (C=O) groups excluding carboxylic acids is 1. The molecule has 1 amide bonds. The van der Waals surface area contributed by atoms with Crippen LogP contribution in [-0.2, 0) is 15.8 Å². The van der Waals surface area contributed by atoms with Crippen LogP contribution in [0.5, 0.6) is 0 Å². The van der Waals surface area contributed by atoms with Crippen LogP contribution in [-0.4, -0.2) is 24.1 Å². The van der Waals surface area contributed by atoms with E-state index in [1.54, 1.807) is 35.1 Å². The second-order valence-corrected chi connectivity index (χ2v) is 9.11. The Balaban J connectivity index is 1.69. The smallest absolute Gasteiger partial charge is 0.259 e. The summed E-state index contributed by atoms with van der Waals surface area (Å²) in [5, 5.41) is 12.6. The first-order valence-corrected chi connectivity index (χ1v) is 11.6. The molecule has 0 bridgehead atoms. The lowest BCUT2D eigenvalue weighted by atomic mass is 10.1. The minimum Gasteiger partial charge on any atom is -0.322 e. The van der Waals surface area contributed by atoms with Gasteiger partial charge in [0.2, 0.25) is 10.0 Å². The molecule has 1 heterocycles. The Hall–Kier alpha value is -3.75. The number of sulfonamides is 1. The summed E-state index contributed by atoms with van der Waals surface area (Å²) in [4.78, 5) is 13.2. The van der Waals surface area contributed by atoms with Crippen LogP contribution in [0.25, 0.3) is 16.9 Å². The number of benzene rings is 3. The molecule has 0 aliphatic rings. The lowest BCUT2D eigenvalue weighted by Gasteiger charge is -2.07. The van der Waals surface area contributed by atoms with Crippen molar-refractivity contribution in [1.29, 1.82) is 0 Å². The van der Waals surface area contributed by atoms with Gasteiger partial charge in [-0.25, -0.2) is 18.2 Å². The molecule has 32 heavy (non-hydrogen) atoms. The fourth-order valence-electron chi connectivity index (χ4n) is 3.35. The number of nitrogens with two attached hydrogens (primary N) is 1. The highest BCUT2D eigenvalue weighted by atomic mass is 32.2. The first-order chi connectivity index (χ1) is 15.3. The van der Waals surface area contributed by atoms with Gasteiger partial charge in [-0.1, -0.05) is 60.2 Å². The summed E-state index contributed by atoms with van der Waals surface area (Å²) in [6.07, 6.45) is 1.69. The highest BCUT2D eigenvalue weighted by Gasteiger charge is 2.19. The van der Waals surface area contributed by atoms with E-state index in [0.29, 0.717) is 22.5 Å². The third-order valence-electron chi connectivity index (χ3n) is 4.86. The maximum Gasteiger partial charge on any atom is 0.259 e. The van der Waals surface area contributed by atoms with E-state index in [0.717, 1.165) is 16.8 Å². The summed E-state index contributed by atoms with van der Waals surface area (Å²) in [6, 6.07) is 23.9. The number of hydrogen-bond donors (Lipinski definition) is 2. The topological polar surface area (TPSA) is 107 Å². The van der Waals surface area contributed by atoms with Crippen molar-refractivity contribution in [3.63, 3.8) is 0 Å². The monoisotopic (exact) mass is 446 g/mol. The molecule has 0 unspecified atom stereocenters. The summed E-state index contributed by atoms with van der Waals surface area (Å²) >= 11 is 0. The van der Waals surface area contributed by atoms with Crippen molar-refractivity contribution in [1.82, 2.24) is 9.78 Å². The van der Waals surface area contributed by atoms with Crippen molar-refractivity contribution in [2.75, 3.05) is 5.32 Å². The number of aromatic nitrogens is 2. The molecule has 4 aromatic rings. The highest BCUT2D eigenvalue weighted by Crippen LogP contribution is 2.25. The van der Waals surface area contributed by atoms with Crippen LogP contribution in [0.2, 0.25) is 0 Å². The largest absolute Gasteiger partial charge is 0.322 e. The zero-order chi connectivity index (χ0) is 22.7. The van der Waals surface area contributed by atoms with Crippen LogP contribution in [0.3, 0.4) is 0 Å². The van der Waals surface area contributed by atoms with E-state index < -0.39 is 10.0 Å². The van der Waals surface area contributed by atoms with Gasteiger partial charge >= 0.3 is 0 Å². The van der Waals surface area contributed by atoms with Gasteiger partial charge in [-0.05, 0) is 36.8 Å². The van der Waals surface area contributed by atoms with Crippen LogP contribution in [0.1, 0.15) is 21.5 Å². The molecule has 3 N–H and O–H groups in total. The zero-order valence-electron chi connectivity index (χ0n) is 17.4. The standard InChI is InChI=1S/C24H22N4O3S/c1-17-10-12-21(13-11-17)28-15-22(23(27-28)19-7-3-2-4-8-19)24(29)26-20-9-5-6-18(14-20)16-32(25,30)31/h2-15H,16H2,1H3,(H,26,29)(H2,25,30,31). The highest BCUT2D eigenvalue weighted by molar-refractivity contribution is 7.88. The molecule has 0 spiro atoms. The van der Waals surface area contributed by atoms with Gasteiger partial charge < -0.3 is 5.32 Å². The molecule has 0 aliphatic carbocycles. The number of primary sulfonamides is 1. The molecule has 162 valence electrons. The summed E-state index contributed by atoms with van der Waals surface area (Å²) in [5.74, 6) is -0.660. The van der Waals surface area contributed by atoms with Crippen molar-refractivity contribution in [2.24, 2.45) is 5.14 Å². The number of aryl methyl sites for hydroxylation is 1. The first kappa shape index (κ1) is 21.5. The Morgan fingerprint density at radius 2 is 1.72 bits per heavy atom. The normalized spacial score (nSPS) is 11.3. The molecular weight excluding hydrogens is 424 g/mol. The summed E-state index contributed by atoms with van der Waals surface area (Å²) in [5.41, 5.74) is 4.68. The van der Waals surface area contributed by atoms with Crippen LogP contribution >= 0.6 is 0 Å². The Labute approximate surface area is 186 Å². The maximum absolute atomic E-state index is 13.2. The van der Waals surface area contributed by atoms with Gasteiger partial charge in [0, 0.05) is 17.4 Å². The Morgan fingerprint density at radius 3 is 2.41 bits per heavy atom. The number of rotatable bonds is 6. The lowest BCUT2D eigenvalue weighted by Crippen LogP contribution is -2.15. The molecule has 0 saturated heterocycles. The number of carbonyl (C=O) groups is 1. The Morgan fingerprint density at radius 1 is 1.00 bits per heavy atom. The van der Waals surface area contributed by atoms with Gasteiger partial charge in [-0.15, -0.1) is 0 Å². The SMILES string of the molecule is Cc1ccc(-n2cc(C(=O)Nc3cccc(CS(N)(=O)=O)c3)c(-c3ccccc3)n2)cc1. The second-order valence-electron chi connectivity index (χ2n) is 7.50. The fourth-order valence-corrected chi connectivity index (χ4v) is 3.99. The minimum atomic E-state index is -3.67.